The molecule has 4 heteroatoms. The van der Waals surface area contributed by atoms with Crippen molar-refractivity contribution in [2.24, 2.45) is 0 Å². The maximum atomic E-state index is 5.78. The zero-order chi connectivity index (χ0) is 13.9. The molecule has 116 valence electrons. The van der Waals surface area contributed by atoms with Crippen molar-refractivity contribution in [2.45, 2.75) is 45.4 Å². The van der Waals surface area contributed by atoms with Crippen LogP contribution < -0.4 is 14.8 Å². The smallest absolute Gasteiger partial charge is 0.162 e. The van der Waals surface area contributed by atoms with Crippen LogP contribution in [0.5, 0.6) is 11.5 Å². The fraction of sp³-hybridized carbons (Fsp3) is 0.625. The first-order valence-corrected chi connectivity index (χ1v) is 7.30. The van der Waals surface area contributed by atoms with Gasteiger partial charge in [-0.05, 0) is 18.6 Å². The van der Waals surface area contributed by atoms with Gasteiger partial charge in [0.1, 0.15) is 0 Å². The Labute approximate surface area is 129 Å². The molecule has 1 aromatic rings. The van der Waals surface area contributed by atoms with Crippen molar-refractivity contribution in [3.05, 3.63) is 18.2 Å². The number of benzene rings is 1. The molecule has 0 saturated carbocycles. The third kappa shape index (κ3) is 6.90. The minimum absolute atomic E-state index is 0. The summed E-state index contributed by atoms with van der Waals surface area (Å²) in [6, 6.07) is 5.91. The molecular formula is C16H28ClNO2. The first kappa shape index (κ1) is 18.9. The average Bonchev–Trinajstić information content (AvgIpc) is 2.46. The summed E-state index contributed by atoms with van der Waals surface area (Å²) >= 11 is 0. The van der Waals surface area contributed by atoms with Crippen LogP contribution in [-0.4, -0.2) is 20.8 Å². The van der Waals surface area contributed by atoms with E-state index in [1.165, 1.54) is 32.1 Å². The van der Waals surface area contributed by atoms with Gasteiger partial charge in [-0.1, -0.05) is 39.0 Å². The average molecular weight is 302 g/mol. The van der Waals surface area contributed by atoms with Gasteiger partial charge < -0.3 is 14.8 Å². The topological polar surface area (TPSA) is 30.5 Å². The summed E-state index contributed by atoms with van der Waals surface area (Å²) in [5, 5.41) is 3.09. The fourth-order valence-corrected chi connectivity index (χ4v) is 2.01. The molecule has 0 aromatic heterocycles. The van der Waals surface area contributed by atoms with Gasteiger partial charge in [-0.25, -0.2) is 0 Å². The molecule has 0 heterocycles. The summed E-state index contributed by atoms with van der Waals surface area (Å²) in [6.45, 7) is 3.01. The van der Waals surface area contributed by atoms with Gasteiger partial charge >= 0.3 is 0 Å². The Bertz CT molecular complexity index is 358. The van der Waals surface area contributed by atoms with Gasteiger partial charge in [-0.15, -0.1) is 12.4 Å². The van der Waals surface area contributed by atoms with Gasteiger partial charge in [0.25, 0.3) is 0 Å². The fourth-order valence-electron chi connectivity index (χ4n) is 2.01. The van der Waals surface area contributed by atoms with Gasteiger partial charge in [0.15, 0.2) is 11.5 Å². The minimum Gasteiger partial charge on any atom is -0.493 e. The number of unbranched alkanes of at least 4 members (excludes halogenated alkanes) is 5. The predicted molar refractivity (Wildman–Crippen MR) is 88.7 cm³/mol. The predicted octanol–water partition coefficient (Wildman–Crippen LogP) is 4.90. The van der Waals surface area contributed by atoms with Gasteiger partial charge in [0.2, 0.25) is 0 Å². The normalized spacial score (nSPS) is 9.75. The maximum Gasteiger partial charge on any atom is 0.162 e. The van der Waals surface area contributed by atoms with E-state index in [4.69, 9.17) is 9.47 Å². The summed E-state index contributed by atoms with van der Waals surface area (Å²) in [4.78, 5) is 0. The zero-order valence-electron chi connectivity index (χ0n) is 12.9. The van der Waals surface area contributed by atoms with Gasteiger partial charge in [0, 0.05) is 18.8 Å². The molecule has 0 saturated heterocycles. The molecule has 0 amide bonds. The molecule has 0 aliphatic carbocycles. The summed E-state index contributed by atoms with van der Waals surface area (Å²) in [5.41, 5.74) is 1.03. The van der Waals surface area contributed by atoms with E-state index in [0.717, 1.165) is 30.2 Å². The van der Waals surface area contributed by atoms with Crippen LogP contribution in [0.2, 0.25) is 0 Å². The van der Waals surface area contributed by atoms with Crippen LogP contribution >= 0.6 is 12.4 Å². The summed E-state index contributed by atoms with van der Waals surface area (Å²) in [6.07, 6.45) is 7.66. The molecule has 20 heavy (non-hydrogen) atoms. The SMILES string of the molecule is CCCCCCCCOc1ccc(NC)cc1OC.Cl. The second-order valence-electron chi connectivity index (χ2n) is 4.73. The van der Waals surface area contributed by atoms with Crippen LogP contribution in [-0.2, 0) is 0 Å². The lowest BCUT2D eigenvalue weighted by Gasteiger charge is -2.12. The second-order valence-corrected chi connectivity index (χ2v) is 4.73. The molecule has 1 aromatic carbocycles. The Morgan fingerprint density at radius 1 is 1.00 bits per heavy atom. The molecule has 0 bridgehead atoms. The first-order valence-electron chi connectivity index (χ1n) is 7.30. The van der Waals surface area contributed by atoms with Gasteiger partial charge in [0.05, 0.1) is 13.7 Å². The van der Waals surface area contributed by atoms with Crippen molar-refractivity contribution in [1.29, 1.82) is 0 Å². The number of hydrogen-bond acceptors (Lipinski definition) is 3. The van der Waals surface area contributed by atoms with E-state index in [2.05, 4.69) is 12.2 Å². The molecule has 3 nitrogen and oxygen atoms in total. The van der Waals surface area contributed by atoms with Crippen molar-refractivity contribution in [3.63, 3.8) is 0 Å². The van der Waals surface area contributed by atoms with Crippen LogP contribution in [0.15, 0.2) is 18.2 Å². The highest BCUT2D eigenvalue weighted by atomic mass is 35.5. The Balaban J connectivity index is 0.00000361. The first-order chi connectivity index (χ1) is 9.31. The molecule has 0 aliphatic heterocycles. The number of halogens is 1. The molecular weight excluding hydrogens is 274 g/mol. The van der Waals surface area contributed by atoms with Crippen LogP contribution in [0, 0.1) is 0 Å². The molecule has 0 fully saturated rings. The van der Waals surface area contributed by atoms with E-state index in [0.29, 0.717) is 0 Å². The molecule has 1 rings (SSSR count). The van der Waals surface area contributed by atoms with Crippen molar-refractivity contribution >= 4 is 18.1 Å². The number of rotatable bonds is 10. The number of hydrogen-bond donors (Lipinski definition) is 1. The summed E-state index contributed by atoms with van der Waals surface area (Å²) < 4.78 is 11.1. The van der Waals surface area contributed by atoms with Crippen LogP contribution in [0.3, 0.4) is 0 Å². The van der Waals surface area contributed by atoms with Gasteiger partial charge in [-0.3, -0.25) is 0 Å². The molecule has 0 aliphatic rings. The molecule has 0 atom stereocenters. The quantitative estimate of drug-likeness (QED) is 0.624. The van der Waals surface area contributed by atoms with E-state index in [-0.39, 0.29) is 12.4 Å². The molecule has 0 spiro atoms. The third-order valence-electron chi connectivity index (χ3n) is 3.21. The third-order valence-corrected chi connectivity index (χ3v) is 3.21. The Morgan fingerprint density at radius 3 is 2.35 bits per heavy atom. The highest BCUT2D eigenvalue weighted by Crippen LogP contribution is 2.30. The van der Waals surface area contributed by atoms with Gasteiger partial charge in [-0.2, -0.15) is 0 Å². The van der Waals surface area contributed by atoms with Crippen LogP contribution in [0.25, 0.3) is 0 Å². The summed E-state index contributed by atoms with van der Waals surface area (Å²) in [5.74, 6) is 1.62. The monoisotopic (exact) mass is 301 g/mol. The van der Waals surface area contributed by atoms with Crippen molar-refractivity contribution < 1.29 is 9.47 Å². The standard InChI is InChI=1S/C16H27NO2.ClH/c1-4-5-6-7-8-9-12-19-15-11-10-14(17-2)13-16(15)18-3;/h10-11,13,17H,4-9,12H2,1-3H3;1H. The number of methoxy groups -OCH3 is 1. The largest absolute Gasteiger partial charge is 0.493 e. The Morgan fingerprint density at radius 2 is 1.70 bits per heavy atom. The number of ether oxygens (including phenoxy) is 2. The van der Waals surface area contributed by atoms with Crippen molar-refractivity contribution in [2.75, 3.05) is 26.1 Å². The van der Waals surface area contributed by atoms with E-state index in [1.54, 1.807) is 7.11 Å². The number of nitrogens with one attached hydrogen (secondary N) is 1. The minimum atomic E-state index is 0. The second kappa shape index (κ2) is 11.7. The van der Waals surface area contributed by atoms with E-state index >= 15 is 0 Å². The highest BCUT2D eigenvalue weighted by Gasteiger charge is 2.04. The Kier molecular flexibility index (Phi) is 11.1. The molecule has 1 N–H and O–H groups in total. The zero-order valence-corrected chi connectivity index (χ0v) is 13.7. The number of anilines is 1. The summed E-state index contributed by atoms with van der Waals surface area (Å²) in [7, 11) is 3.57. The maximum absolute atomic E-state index is 5.78. The van der Waals surface area contributed by atoms with E-state index in [9.17, 15) is 0 Å². The lowest BCUT2D eigenvalue weighted by atomic mass is 10.1. The molecule has 0 radical (unpaired) electrons. The molecule has 0 unspecified atom stereocenters. The van der Waals surface area contributed by atoms with E-state index < -0.39 is 0 Å². The van der Waals surface area contributed by atoms with Crippen LogP contribution in [0.1, 0.15) is 45.4 Å². The van der Waals surface area contributed by atoms with Crippen molar-refractivity contribution in [1.82, 2.24) is 0 Å². The Hall–Kier alpha value is -1.09. The highest BCUT2D eigenvalue weighted by molar-refractivity contribution is 5.85. The van der Waals surface area contributed by atoms with Crippen molar-refractivity contribution in [3.8, 4) is 11.5 Å². The lowest BCUT2D eigenvalue weighted by molar-refractivity contribution is 0.285. The van der Waals surface area contributed by atoms with E-state index in [1.807, 2.05) is 25.2 Å². The lowest BCUT2D eigenvalue weighted by Crippen LogP contribution is -2.00. The van der Waals surface area contributed by atoms with Crippen LogP contribution in [0.4, 0.5) is 5.69 Å².